The van der Waals surface area contributed by atoms with Crippen LogP contribution in [0, 0.1) is 0 Å². The number of unbranched alkanes of at least 4 members (excludes halogenated alkanes) is 2. The average Bonchev–Trinajstić information content (AvgIpc) is 2.40. The maximum Gasteiger partial charge on any atom is 0.242 e. The maximum atomic E-state index is 12.3. The van der Waals surface area contributed by atoms with Gasteiger partial charge in [-0.15, -0.1) is 0 Å². The summed E-state index contributed by atoms with van der Waals surface area (Å²) in [4.78, 5) is 0.313. The molecule has 0 radical (unpaired) electrons. The highest BCUT2D eigenvalue weighted by Gasteiger charge is 2.19. The van der Waals surface area contributed by atoms with Gasteiger partial charge in [-0.05, 0) is 30.5 Å². The third-order valence-electron chi connectivity index (χ3n) is 3.11. The highest BCUT2D eigenvalue weighted by Crippen LogP contribution is 2.16. The maximum absolute atomic E-state index is 12.3. The fraction of sp³-hybridized carbons (Fsp3) is 0.571. The zero-order valence-corrected chi connectivity index (χ0v) is 12.5. The van der Waals surface area contributed by atoms with Gasteiger partial charge in [-0.2, -0.15) is 0 Å². The lowest BCUT2D eigenvalue weighted by Crippen LogP contribution is -2.28. The summed E-state index contributed by atoms with van der Waals surface area (Å²) in [6, 6.07) is 6.72. The zero-order chi connectivity index (χ0) is 14.3. The molecule has 0 spiro atoms. The Hall–Kier alpha value is -0.910. The second-order valence-electron chi connectivity index (χ2n) is 4.65. The second-order valence-corrected chi connectivity index (χ2v) is 6.70. The monoisotopic (exact) mass is 285 g/mol. The first-order valence-electron chi connectivity index (χ1n) is 6.68. The standard InChI is InChI=1S/C14H23NO3S/c1-3-4-5-11-15(2)19(17,18)14-8-6-13(7-9-14)10-12-16/h6-9,16H,3-5,10-12H2,1-2H3. The van der Waals surface area contributed by atoms with Crippen molar-refractivity contribution in [3.05, 3.63) is 29.8 Å². The van der Waals surface area contributed by atoms with E-state index in [1.54, 1.807) is 31.3 Å². The molecule has 0 amide bonds. The van der Waals surface area contributed by atoms with E-state index in [-0.39, 0.29) is 6.61 Å². The smallest absolute Gasteiger partial charge is 0.242 e. The highest BCUT2D eigenvalue weighted by molar-refractivity contribution is 7.89. The lowest BCUT2D eigenvalue weighted by atomic mass is 10.2. The van der Waals surface area contributed by atoms with Crippen LogP contribution in [0.3, 0.4) is 0 Å². The second kappa shape index (κ2) is 7.62. The van der Waals surface area contributed by atoms with Crippen LogP contribution < -0.4 is 0 Å². The van der Waals surface area contributed by atoms with Crippen LogP contribution in [-0.4, -0.2) is 38.0 Å². The fourth-order valence-electron chi connectivity index (χ4n) is 1.84. The number of sulfonamides is 1. The van der Waals surface area contributed by atoms with Crippen LogP contribution in [0.25, 0.3) is 0 Å². The van der Waals surface area contributed by atoms with Gasteiger partial charge in [-0.1, -0.05) is 31.9 Å². The number of hydrogen-bond donors (Lipinski definition) is 1. The Balaban J connectivity index is 2.75. The summed E-state index contributed by atoms with van der Waals surface area (Å²) in [5.74, 6) is 0. The molecule has 0 aromatic heterocycles. The van der Waals surface area contributed by atoms with Gasteiger partial charge in [0.1, 0.15) is 0 Å². The molecule has 0 fully saturated rings. The van der Waals surface area contributed by atoms with E-state index >= 15 is 0 Å². The van der Waals surface area contributed by atoms with Crippen molar-refractivity contribution in [1.82, 2.24) is 4.31 Å². The van der Waals surface area contributed by atoms with Crippen molar-refractivity contribution in [3.63, 3.8) is 0 Å². The third-order valence-corrected chi connectivity index (χ3v) is 4.98. The molecule has 1 aromatic rings. The molecule has 0 bridgehead atoms. The average molecular weight is 285 g/mol. The van der Waals surface area contributed by atoms with Gasteiger partial charge in [0.05, 0.1) is 4.90 Å². The summed E-state index contributed by atoms with van der Waals surface area (Å²) in [6.07, 6.45) is 3.54. The van der Waals surface area contributed by atoms with E-state index in [1.807, 2.05) is 0 Å². The summed E-state index contributed by atoms with van der Waals surface area (Å²) in [6.45, 7) is 2.71. The molecular weight excluding hydrogens is 262 g/mol. The molecule has 108 valence electrons. The molecule has 1 N–H and O–H groups in total. The molecular formula is C14H23NO3S. The first kappa shape index (κ1) is 16.1. The van der Waals surface area contributed by atoms with E-state index in [4.69, 9.17) is 5.11 Å². The zero-order valence-electron chi connectivity index (χ0n) is 11.7. The van der Waals surface area contributed by atoms with Crippen molar-refractivity contribution in [2.45, 2.75) is 37.5 Å². The fourth-order valence-corrected chi connectivity index (χ4v) is 3.05. The summed E-state index contributed by atoms with van der Waals surface area (Å²) in [7, 11) is -1.76. The van der Waals surface area contributed by atoms with Gasteiger partial charge >= 0.3 is 0 Å². The van der Waals surface area contributed by atoms with E-state index < -0.39 is 10.0 Å². The van der Waals surface area contributed by atoms with Crippen molar-refractivity contribution in [1.29, 1.82) is 0 Å². The summed E-state index contributed by atoms with van der Waals surface area (Å²) in [5.41, 5.74) is 0.940. The van der Waals surface area contributed by atoms with Crippen LogP contribution in [-0.2, 0) is 16.4 Å². The predicted octanol–water partition coefficient (Wildman–Crippen LogP) is 2.03. The van der Waals surface area contributed by atoms with Crippen molar-refractivity contribution in [2.24, 2.45) is 0 Å². The van der Waals surface area contributed by atoms with E-state index in [9.17, 15) is 8.42 Å². The van der Waals surface area contributed by atoms with Gasteiger partial charge in [0.2, 0.25) is 10.0 Å². The molecule has 0 saturated heterocycles. The number of aliphatic hydroxyl groups excluding tert-OH is 1. The Morgan fingerprint density at radius 1 is 1.16 bits per heavy atom. The molecule has 0 aliphatic heterocycles. The quantitative estimate of drug-likeness (QED) is 0.744. The van der Waals surface area contributed by atoms with Crippen LogP contribution in [0.2, 0.25) is 0 Å². The Labute approximate surface area is 116 Å². The molecule has 0 heterocycles. The van der Waals surface area contributed by atoms with Crippen molar-refractivity contribution in [2.75, 3.05) is 20.2 Å². The van der Waals surface area contributed by atoms with Crippen LogP contribution in [0.4, 0.5) is 0 Å². The van der Waals surface area contributed by atoms with E-state index in [0.29, 0.717) is 17.9 Å². The Kier molecular flexibility index (Phi) is 6.48. The topological polar surface area (TPSA) is 57.6 Å². The minimum atomic E-state index is -3.38. The molecule has 0 unspecified atom stereocenters. The van der Waals surface area contributed by atoms with Crippen LogP contribution >= 0.6 is 0 Å². The SMILES string of the molecule is CCCCCN(C)S(=O)(=O)c1ccc(CCO)cc1. The van der Waals surface area contributed by atoms with Gasteiger partial charge < -0.3 is 5.11 Å². The van der Waals surface area contributed by atoms with Gasteiger partial charge in [0.25, 0.3) is 0 Å². The lowest BCUT2D eigenvalue weighted by molar-refractivity contribution is 0.299. The number of aliphatic hydroxyl groups is 1. The van der Waals surface area contributed by atoms with Gasteiger partial charge in [-0.3, -0.25) is 0 Å². The Morgan fingerprint density at radius 3 is 2.32 bits per heavy atom. The first-order valence-corrected chi connectivity index (χ1v) is 8.12. The molecule has 1 aromatic carbocycles. The minimum absolute atomic E-state index is 0.0724. The number of rotatable bonds is 8. The first-order chi connectivity index (χ1) is 9.02. The molecule has 1 rings (SSSR count). The minimum Gasteiger partial charge on any atom is -0.396 e. The third kappa shape index (κ3) is 4.60. The number of nitrogens with zero attached hydrogens (tertiary/aromatic N) is 1. The summed E-state index contributed by atoms with van der Waals surface area (Å²) in [5, 5.41) is 8.83. The summed E-state index contributed by atoms with van der Waals surface area (Å²) < 4.78 is 26.0. The van der Waals surface area contributed by atoms with Crippen LogP contribution in [0.5, 0.6) is 0 Å². The molecule has 5 heteroatoms. The Morgan fingerprint density at radius 2 is 1.79 bits per heavy atom. The van der Waals surface area contributed by atoms with Crippen molar-refractivity contribution < 1.29 is 13.5 Å². The van der Waals surface area contributed by atoms with E-state index in [0.717, 1.165) is 24.8 Å². The van der Waals surface area contributed by atoms with Crippen LogP contribution in [0.15, 0.2) is 29.2 Å². The highest BCUT2D eigenvalue weighted by atomic mass is 32.2. The molecule has 4 nitrogen and oxygen atoms in total. The lowest BCUT2D eigenvalue weighted by Gasteiger charge is -2.17. The van der Waals surface area contributed by atoms with E-state index in [2.05, 4.69) is 6.92 Å². The molecule has 0 saturated carbocycles. The van der Waals surface area contributed by atoms with Crippen molar-refractivity contribution in [3.8, 4) is 0 Å². The van der Waals surface area contributed by atoms with Gasteiger partial charge in [0, 0.05) is 20.2 Å². The van der Waals surface area contributed by atoms with Gasteiger partial charge in [0.15, 0.2) is 0 Å². The summed E-state index contributed by atoms with van der Waals surface area (Å²) >= 11 is 0. The largest absolute Gasteiger partial charge is 0.396 e. The normalized spacial score (nSPS) is 12.0. The molecule has 19 heavy (non-hydrogen) atoms. The van der Waals surface area contributed by atoms with Crippen molar-refractivity contribution >= 4 is 10.0 Å². The Bertz CT molecular complexity index is 468. The molecule has 0 aliphatic rings. The predicted molar refractivity (Wildman–Crippen MR) is 76.6 cm³/mol. The molecule has 0 atom stereocenters. The van der Waals surface area contributed by atoms with Gasteiger partial charge in [-0.25, -0.2) is 12.7 Å². The van der Waals surface area contributed by atoms with E-state index in [1.165, 1.54) is 4.31 Å². The van der Waals surface area contributed by atoms with Crippen LogP contribution in [0.1, 0.15) is 31.7 Å². The number of hydrogen-bond acceptors (Lipinski definition) is 3. The number of benzene rings is 1. The molecule has 0 aliphatic carbocycles.